The van der Waals surface area contributed by atoms with Crippen LogP contribution in [0, 0.1) is 0 Å². The predicted octanol–water partition coefficient (Wildman–Crippen LogP) is 0.229. The minimum absolute atomic E-state index is 0.245. The fraction of sp³-hybridized carbons (Fsp3) is 0.667. The van der Waals surface area contributed by atoms with E-state index < -0.39 is 0 Å². The summed E-state index contributed by atoms with van der Waals surface area (Å²) in [4.78, 5) is 10.3. The fourth-order valence-corrected chi connectivity index (χ4v) is 0.585. The number of cyclic esters (lactones) is 1. The molecular weight excluding hydrogens is 113 g/mol. The molecule has 1 aliphatic rings. The van der Waals surface area contributed by atoms with Crippen molar-refractivity contribution in [1.82, 2.24) is 4.67 Å². The zero-order valence-electron chi connectivity index (χ0n) is 3.76. The molecule has 7 heavy (non-hydrogen) atoms. The van der Waals surface area contributed by atoms with Gasteiger partial charge in [0.25, 0.3) is 0 Å². The van der Waals surface area contributed by atoms with Gasteiger partial charge in [0.05, 0.1) is 6.54 Å². The quantitative estimate of drug-likeness (QED) is 0.427. The molecule has 40 valence electrons. The van der Waals surface area contributed by atoms with E-state index in [0.29, 0.717) is 13.2 Å². The Morgan fingerprint density at radius 3 is 2.71 bits per heavy atom. The van der Waals surface area contributed by atoms with Crippen LogP contribution in [0.4, 0.5) is 4.79 Å². The van der Waals surface area contributed by atoms with Gasteiger partial charge in [-0.3, -0.25) is 4.67 Å². The molecule has 3 nitrogen and oxygen atoms in total. The van der Waals surface area contributed by atoms with Crippen LogP contribution in [0.25, 0.3) is 0 Å². The maximum absolute atomic E-state index is 10.3. The summed E-state index contributed by atoms with van der Waals surface area (Å²) < 4.78 is 5.99. The van der Waals surface area contributed by atoms with Crippen molar-refractivity contribution in [3.63, 3.8) is 0 Å². The van der Waals surface area contributed by atoms with Crippen molar-refractivity contribution in [3.05, 3.63) is 0 Å². The molecule has 0 bridgehead atoms. The van der Waals surface area contributed by atoms with E-state index in [2.05, 4.69) is 14.1 Å². The number of hydrogen-bond donors (Lipinski definition) is 0. The van der Waals surface area contributed by atoms with Gasteiger partial charge in [-0.1, -0.05) is 0 Å². The van der Waals surface area contributed by atoms with E-state index >= 15 is 0 Å². The van der Waals surface area contributed by atoms with Crippen molar-refractivity contribution >= 4 is 15.5 Å². The van der Waals surface area contributed by atoms with Crippen molar-refractivity contribution in [1.29, 1.82) is 0 Å². The Bertz CT molecular complexity index is 94.9. The van der Waals surface area contributed by atoms with Gasteiger partial charge in [-0.25, -0.2) is 4.79 Å². The Labute approximate surface area is 43.9 Å². The van der Waals surface area contributed by atoms with Crippen LogP contribution in [-0.2, 0) is 4.74 Å². The standard InChI is InChI=1S/C3H6NO2P/c5-3-4(7)1-2-6-3/h1-2,7H2. The van der Waals surface area contributed by atoms with Gasteiger partial charge >= 0.3 is 6.09 Å². The van der Waals surface area contributed by atoms with Crippen LogP contribution in [0.2, 0.25) is 0 Å². The van der Waals surface area contributed by atoms with Crippen LogP contribution in [0.3, 0.4) is 0 Å². The summed E-state index contributed by atoms with van der Waals surface area (Å²) in [7, 11) is 2.27. The highest BCUT2D eigenvalue weighted by molar-refractivity contribution is 7.14. The summed E-state index contributed by atoms with van der Waals surface area (Å²) >= 11 is 0. The van der Waals surface area contributed by atoms with Gasteiger partial charge in [0, 0.05) is 0 Å². The molecule has 1 amide bonds. The third-order valence-electron chi connectivity index (χ3n) is 0.792. The van der Waals surface area contributed by atoms with Crippen molar-refractivity contribution in [2.75, 3.05) is 13.2 Å². The smallest absolute Gasteiger partial charge is 0.412 e. The Morgan fingerprint density at radius 2 is 2.57 bits per heavy atom. The Balaban J connectivity index is 2.48. The average molecular weight is 119 g/mol. The van der Waals surface area contributed by atoms with E-state index in [4.69, 9.17) is 0 Å². The molecule has 1 atom stereocenters. The number of ether oxygens (including phenoxy) is 1. The van der Waals surface area contributed by atoms with E-state index in [1.54, 1.807) is 0 Å². The normalized spacial score (nSPS) is 20.1. The lowest BCUT2D eigenvalue weighted by molar-refractivity contribution is 0.171. The van der Waals surface area contributed by atoms with E-state index in [0.717, 1.165) is 0 Å². The van der Waals surface area contributed by atoms with Crippen molar-refractivity contribution in [3.8, 4) is 0 Å². The van der Waals surface area contributed by atoms with Crippen molar-refractivity contribution < 1.29 is 9.53 Å². The first kappa shape index (κ1) is 4.85. The van der Waals surface area contributed by atoms with E-state index in [-0.39, 0.29) is 6.09 Å². The maximum atomic E-state index is 10.3. The highest BCUT2D eigenvalue weighted by Crippen LogP contribution is 2.06. The molecule has 1 saturated heterocycles. The van der Waals surface area contributed by atoms with Crippen LogP contribution in [0.1, 0.15) is 0 Å². The maximum Gasteiger partial charge on any atom is 0.412 e. The fourth-order valence-electron chi connectivity index (χ4n) is 0.406. The highest BCUT2D eigenvalue weighted by Gasteiger charge is 2.16. The van der Waals surface area contributed by atoms with Gasteiger partial charge in [-0.2, -0.15) is 0 Å². The second-order valence-corrected chi connectivity index (χ2v) is 1.93. The summed E-state index contributed by atoms with van der Waals surface area (Å²) in [5.41, 5.74) is 0. The molecule has 0 saturated carbocycles. The second kappa shape index (κ2) is 1.66. The van der Waals surface area contributed by atoms with Gasteiger partial charge in [0.2, 0.25) is 0 Å². The third-order valence-corrected chi connectivity index (χ3v) is 1.26. The largest absolute Gasteiger partial charge is 0.447 e. The van der Waals surface area contributed by atoms with Gasteiger partial charge in [-0.05, 0) is 9.39 Å². The molecule has 0 aromatic rings. The van der Waals surface area contributed by atoms with E-state index in [1.165, 1.54) is 4.67 Å². The molecule has 1 heterocycles. The van der Waals surface area contributed by atoms with Crippen LogP contribution in [-0.4, -0.2) is 23.9 Å². The Morgan fingerprint density at radius 1 is 1.86 bits per heavy atom. The molecule has 0 spiro atoms. The SMILES string of the molecule is O=C1OCCN1P. The minimum atomic E-state index is -0.245. The van der Waals surface area contributed by atoms with Crippen molar-refractivity contribution in [2.24, 2.45) is 0 Å². The number of nitrogens with zero attached hydrogens (tertiary/aromatic N) is 1. The molecule has 4 heteroatoms. The van der Waals surface area contributed by atoms with Crippen molar-refractivity contribution in [2.45, 2.75) is 0 Å². The molecule has 0 aromatic heterocycles. The predicted molar refractivity (Wildman–Crippen MR) is 27.8 cm³/mol. The van der Waals surface area contributed by atoms with Crippen LogP contribution in [0.5, 0.6) is 0 Å². The summed E-state index contributed by atoms with van der Waals surface area (Å²) in [5.74, 6) is 0. The van der Waals surface area contributed by atoms with Gasteiger partial charge in [0.15, 0.2) is 0 Å². The molecule has 0 aromatic carbocycles. The molecular formula is C3H6NO2P. The zero-order chi connectivity index (χ0) is 5.28. The van der Waals surface area contributed by atoms with Crippen LogP contribution < -0.4 is 0 Å². The van der Waals surface area contributed by atoms with E-state index in [1.807, 2.05) is 0 Å². The minimum Gasteiger partial charge on any atom is -0.447 e. The lowest BCUT2D eigenvalue weighted by Crippen LogP contribution is -2.09. The Kier molecular flexibility index (Phi) is 1.15. The summed E-state index contributed by atoms with van der Waals surface area (Å²) in [6, 6.07) is 0. The second-order valence-electron chi connectivity index (χ2n) is 1.31. The first-order chi connectivity index (χ1) is 3.30. The molecule has 1 fully saturated rings. The topological polar surface area (TPSA) is 29.5 Å². The Hall–Kier alpha value is -0.300. The van der Waals surface area contributed by atoms with Gasteiger partial charge < -0.3 is 4.74 Å². The average Bonchev–Trinajstić information content (AvgIpc) is 1.91. The lowest BCUT2D eigenvalue weighted by atomic mass is 10.7. The number of carbonyl (C=O) groups excluding carboxylic acids is 1. The number of hydrogen-bond acceptors (Lipinski definition) is 2. The van der Waals surface area contributed by atoms with E-state index in [9.17, 15) is 4.79 Å². The highest BCUT2D eigenvalue weighted by atomic mass is 31.0. The molecule has 1 rings (SSSR count). The molecule has 0 aliphatic carbocycles. The first-order valence-corrected chi connectivity index (χ1v) is 2.51. The molecule has 1 unspecified atom stereocenters. The third kappa shape index (κ3) is 0.829. The zero-order valence-corrected chi connectivity index (χ0v) is 4.91. The number of rotatable bonds is 0. The first-order valence-electron chi connectivity index (χ1n) is 1.99. The van der Waals surface area contributed by atoms with Gasteiger partial charge in [-0.15, -0.1) is 0 Å². The molecule has 1 aliphatic heterocycles. The van der Waals surface area contributed by atoms with Gasteiger partial charge in [0.1, 0.15) is 6.61 Å². The number of amides is 1. The monoisotopic (exact) mass is 119 g/mol. The summed E-state index contributed by atoms with van der Waals surface area (Å²) in [6.07, 6.45) is -0.245. The molecule has 0 N–H and O–H groups in total. The number of carbonyl (C=O) groups is 1. The van der Waals surface area contributed by atoms with Crippen LogP contribution >= 0.6 is 9.39 Å². The summed E-state index contributed by atoms with van der Waals surface area (Å²) in [6.45, 7) is 1.23. The molecule has 0 radical (unpaired) electrons. The van der Waals surface area contributed by atoms with Crippen LogP contribution in [0.15, 0.2) is 0 Å². The summed E-state index contributed by atoms with van der Waals surface area (Å²) in [5, 5.41) is 0. The lowest BCUT2D eigenvalue weighted by Gasteiger charge is -1.98.